The second-order valence-electron chi connectivity index (χ2n) is 6.15. The number of ether oxygens (including phenoxy) is 1. The van der Waals surface area contributed by atoms with Crippen molar-refractivity contribution < 1.29 is 9.57 Å². The SMILES string of the molecule is COc1ccc2c(=O)n(OC)c(-c3ccccc3)c(-c3ccccc3)c2c1. The lowest BCUT2D eigenvalue weighted by Gasteiger charge is -2.19. The van der Waals surface area contributed by atoms with Crippen LogP contribution in [0.25, 0.3) is 33.2 Å². The van der Waals surface area contributed by atoms with E-state index in [0.717, 1.165) is 27.8 Å². The third kappa shape index (κ3) is 2.85. The maximum absolute atomic E-state index is 13.1. The van der Waals surface area contributed by atoms with Gasteiger partial charge in [0.05, 0.1) is 18.2 Å². The molecule has 1 aromatic heterocycles. The molecule has 3 aromatic carbocycles. The summed E-state index contributed by atoms with van der Waals surface area (Å²) in [4.78, 5) is 18.7. The van der Waals surface area contributed by atoms with Gasteiger partial charge in [0.2, 0.25) is 0 Å². The van der Waals surface area contributed by atoms with E-state index in [9.17, 15) is 4.79 Å². The molecule has 4 rings (SSSR count). The molecule has 0 aliphatic heterocycles. The zero-order chi connectivity index (χ0) is 18.8. The smallest absolute Gasteiger partial charge is 0.291 e. The first-order chi connectivity index (χ1) is 13.2. The number of hydrogen-bond acceptors (Lipinski definition) is 3. The van der Waals surface area contributed by atoms with E-state index in [1.807, 2.05) is 66.7 Å². The highest BCUT2D eigenvalue weighted by Gasteiger charge is 2.20. The average Bonchev–Trinajstić information content (AvgIpc) is 2.74. The van der Waals surface area contributed by atoms with Crippen LogP contribution in [-0.4, -0.2) is 19.0 Å². The molecule has 0 atom stereocenters. The van der Waals surface area contributed by atoms with Crippen LogP contribution in [0.3, 0.4) is 0 Å². The number of benzene rings is 3. The maximum Gasteiger partial charge on any atom is 0.291 e. The number of fused-ring (bicyclic) bond motifs is 1. The average molecular weight is 357 g/mol. The van der Waals surface area contributed by atoms with Crippen molar-refractivity contribution in [3.05, 3.63) is 89.2 Å². The molecular weight excluding hydrogens is 338 g/mol. The molecule has 0 unspecified atom stereocenters. The van der Waals surface area contributed by atoms with Crippen LogP contribution in [0.1, 0.15) is 0 Å². The van der Waals surface area contributed by atoms with E-state index in [0.29, 0.717) is 11.1 Å². The number of nitrogens with zero attached hydrogens (tertiary/aromatic N) is 1. The van der Waals surface area contributed by atoms with Crippen LogP contribution >= 0.6 is 0 Å². The molecule has 0 radical (unpaired) electrons. The van der Waals surface area contributed by atoms with Gasteiger partial charge in [-0.05, 0) is 23.8 Å². The molecule has 4 aromatic rings. The summed E-state index contributed by atoms with van der Waals surface area (Å²) in [5, 5.41) is 1.41. The van der Waals surface area contributed by atoms with Crippen molar-refractivity contribution in [3.8, 4) is 28.1 Å². The van der Waals surface area contributed by atoms with E-state index in [1.54, 1.807) is 19.2 Å². The fourth-order valence-corrected chi connectivity index (χ4v) is 3.41. The normalized spacial score (nSPS) is 10.7. The van der Waals surface area contributed by atoms with Gasteiger partial charge in [-0.2, -0.15) is 0 Å². The van der Waals surface area contributed by atoms with Crippen molar-refractivity contribution in [1.29, 1.82) is 0 Å². The highest BCUT2D eigenvalue weighted by Crippen LogP contribution is 2.37. The lowest BCUT2D eigenvalue weighted by atomic mass is 9.94. The minimum atomic E-state index is -0.200. The summed E-state index contributed by atoms with van der Waals surface area (Å²) >= 11 is 0. The summed E-state index contributed by atoms with van der Waals surface area (Å²) in [6.45, 7) is 0. The molecule has 0 fully saturated rings. The molecule has 0 amide bonds. The second kappa shape index (κ2) is 7.00. The van der Waals surface area contributed by atoms with Crippen molar-refractivity contribution in [1.82, 2.24) is 4.73 Å². The standard InChI is InChI=1S/C23H19NO3/c1-26-18-13-14-19-20(15-18)21(16-9-5-3-6-10-16)22(24(27-2)23(19)25)17-11-7-4-8-12-17/h3-15H,1-2H3. The van der Waals surface area contributed by atoms with Crippen molar-refractivity contribution >= 4 is 10.8 Å². The molecule has 1 heterocycles. The van der Waals surface area contributed by atoms with Gasteiger partial charge in [0, 0.05) is 16.5 Å². The Morgan fingerprint density at radius 2 is 1.37 bits per heavy atom. The van der Waals surface area contributed by atoms with Crippen LogP contribution in [0, 0.1) is 0 Å². The van der Waals surface area contributed by atoms with E-state index >= 15 is 0 Å². The molecule has 0 spiro atoms. The Labute approximate surface area is 157 Å². The predicted octanol–water partition coefficient (Wildman–Crippen LogP) is 4.40. The molecule has 0 saturated heterocycles. The molecule has 0 aliphatic rings. The minimum Gasteiger partial charge on any atom is -0.497 e. The first-order valence-electron chi connectivity index (χ1n) is 8.66. The Balaban J connectivity index is 2.24. The summed E-state index contributed by atoms with van der Waals surface area (Å²) in [5.41, 5.74) is 3.35. The first kappa shape index (κ1) is 16.9. The summed E-state index contributed by atoms with van der Waals surface area (Å²) in [7, 11) is 3.13. The van der Waals surface area contributed by atoms with Crippen LogP contribution in [0.5, 0.6) is 5.75 Å². The monoisotopic (exact) mass is 357 g/mol. The maximum atomic E-state index is 13.1. The van der Waals surface area contributed by atoms with E-state index in [4.69, 9.17) is 9.57 Å². The molecule has 0 saturated carbocycles. The second-order valence-corrected chi connectivity index (χ2v) is 6.15. The van der Waals surface area contributed by atoms with E-state index in [-0.39, 0.29) is 5.56 Å². The van der Waals surface area contributed by atoms with Gasteiger partial charge in [0.1, 0.15) is 12.9 Å². The van der Waals surface area contributed by atoms with Gasteiger partial charge in [0.25, 0.3) is 5.56 Å². The Morgan fingerprint density at radius 3 is 1.96 bits per heavy atom. The van der Waals surface area contributed by atoms with E-state index < -0.39 is 0 Å². The molecule has 0 bridgehead atoms. The predicted molar refractivity (Wildman–Crippen MR) is 108 cm³/mol. The zero-order valence-corrected chi connectivity index (χ0v) is 15.2. The van der Waals surface area contributed by atoms with Gasteiger partial charge in [0.15, 0.2) is 0 Å². The van der Waals surface area contributed by atoms with E-state index in [2.05, 4.69) is 0 Å². The van der Waals surface area contributed by atoms with Gasteiger partial charge in [-0.25, -0.2) is 0 Å². The van der Waals surface area contributed by atoms with Gasteiger partial charge in [-0.3, -0.25) is 4.79 Å². The fraction of sp³-hybridized carbons (Fsp3) is 0.0870. The van der Waals surface area contributed by atoms with Crippen LogP contribution in [-0.2, 0) is 0 Å². The fourth-order valence-electron chi connectivity index (χ4n) is 3.41. The molecule has 27 heavy (non-hydrogen) atoms. The van der Waals surface area contributed by atoms with Crippen molar-refractivity contribution in [2.45, 2.75) is 0 Å². The summed E-state index contributed by atoms with van der Waals surface area (Å²) in [5.74, 6) is 0.702. The van der Waals surface area contributed by atoms with Crippen molar-refractivity contribution in [2.24, 2.45) is 0 Å². The molecule has 0 aliphatic carbocycles. The van der Waals surface area contributed by atoms with Gasteiger partial charge >= 0.3 is 0 Å². The van der Waals surface area contributed by atoms with Gasteiger partial charge in [-0.1, -0.05) is 60.7 Å². The Bertz CT molecular complexity index is 1150. The molecule has 4 nitrogen and oxygen atoms in total. The van der Waals surface area contributed by atoms with Gasteiger partial charge < -0.3 is 9.57 Å². The minimum absolute atomic E-state index is 0.200. The highest BCUT2D eigenvalue weighted by molar-refractivity contribution is 6.03. The summed E-state index contributed by atoms with van der Waals surface area (Å²) < 4.78 is 6.78. The lowest BCUT2D eigenvalue weighted by molar-refractivity contribution is 0.163. The Hall–Kier alpha value is -3.53. The van der Waals surface area contributed by atoms with Crippen molar-refractivity contribution in [3.63, 3.8) is 0 Å². The third-order valence-corrected chi connectivity index (χ3v) is 4.64. The van der Waals surface area contributed by atoms with Crippen LogP contribution in [0.2, 0.25) is 0 Å². The summed E-state index contributed by atoms with van der Waals surface area (Å²) in [6.07, 6.45) is 0. The summed E-state index contributed by atoms with van der Waals surface area (Å²) in [6, 6.07) is 25.3. The first-order valence-corrected chi connectivity index (χ1v) is 8.66. The topological polar surface area (TPSA) is 40.5 Å². The quantitative estimate of drug-likeness (QED) is 0.543. The lowest BCUT2D eigenvalue weighted by Crippen LogP contribution is -2.27. The Morgan fingerprint density at radius 1 is 0.741 bits per heavy atom. The number of aromatic nitrogens is 1. The van der Waals surface area contributed by atoms with E-state index in [1.165, 1.54) is 11.8 Å². The van der Waals surface area contributed by atoms with Crippen LogP contribution < -0.4 is 15.1 Å². The highest BCUT2D eigenvalue weighted by atomic mass is 16.6. The molecule has 134 valence electrons. The third-order valence-electron chi connectivity index (χ3n) is 4.64. The number of hydrogen-bond donors (Lipinski definition) is 0. The van der Waals surface area contributed by atoms with Crippen LogP contribution in [0.4, 0.5) is 0 Å². The zero-order valence-electron chi connectivity index (χ0n) is 15.2. The largest absolute Gasteiger partial charge is 0.497 e. The number of pyridine rings is 1. The molecule has 0 N–H and O–H groups in total. The Kier molecular flexibility index (Phi) is 4.38. The van der Waals surface area contributed by atoms with Gasteiger partial charge in [-0.15, -0.1) is 4.73 Å². The van der Waals surface area contributed by atoms with Crippen LogP contribution in [0.15, 0.2) is 83.7 Å². The molecular formula is C23H19NO3. The van der Waals surface area contributed by atoms with Crippen molar-refractivity contribution in [2.75, 3.05) is 14.2 Å². The molecule has 4 heteroatoms. The number of methoxy groups -OCH3 is 1. The number of rotatable bonds is 4.